The lowest BCUT2D eigenvalue weighted by molar-refractivity contribution is 0.144. The monoisotopic (exact) mass is 133 g/mol. The molecule has 1 saturated heterocycles. The fourth-order valence-corrected chi connectivity index (χ4v) is 1.05. The van der Waals surface area contributed by atoms with E-state index in [1.165, 1.54) is 0 Å². The van der Waals surface area contributed by atoms with Gasteiger partial charge < -0.3 is 4.74 Å². The topological polar surface area (TPSA) is 12.5 Å². The van der Waals surface area contributed by atoms with Gasteiger partial charge in [0.05, 0.1) is 13.3 Å². The maximum Gasteiger partial charge on any atom is 0.0991 e. The van der Waals surface area contributed by atoms with Gasteiger partial charge in [0.1, 0.15) is 0 Å². The Bertz CT molecular complexity index is 63.4. The number of thiol groups is 1. The Hall–Kier alpha value is 0.270. The lowest BCUT2D eigenvalue weighted by Crippen LogP contribution is -2.21. The van der Waals surface area contributed by atoms with Gasteiger partial charge in [-0.15, -0.1) is 0 Å². The molecule has 0 aromatic carbocycles. The number of nitrogens with zero attached hydrogens (tertiary/aromatic N) is 1. The molecule has 2 nitrogen and oxygen atoms in total. The van der Waals surface area contributed by atoms with Crippen molar-refractivity contribution in [2.24, 2.45) is 0 Å². The fourth-order valence-electron chi connectivity index (χ4n) is 0.770. The van der Waals surface area contributed by atoms with Crippen LogP contribution < -0.4 is 0 Å². The molecule has 48 valence electrons. The summed E-state index contributed by atoms with van der Waals surface area (Å²) >= 11 is 4.10. The van der Waals surface area contributed by atoms with E-state index in [2.05, 4.69) is 17.5 Å². The van der Waals surface area contributed by atoms with Gasteiger partial charge in [0.15, 0.2) is 0 Å². The van der Waals surface area contributed by atoms with E-state index < -0.39 is 0 Å². The highest BCUT2D eigenvalue weighted by Crippen LogP contribution is 1.97. The van der Waals surface area contributed by atoms with Crippen LogP contribution in [-0.4, -0.2) is 37.1 Å². The molecule has 8 heavy (non-hydrogen) atoms. The van der Waals surface area contributed by atoms with E-state index in [9.17, 15) is 0 Å². The second-order valence-electron chi connectivity index (χ2n) is 1.88. The summed E-state index contributed by atoms with van der Waals surface area (Å²) < 4.78 is 5.10. The molecule has 0 atom stereocenters. The van der Waals surface area contributed by atoms with Gasteiger partial charge in [0, 0.05) is 18.8 Å². The molecule has 0 saturated carbocycles. The maximum absolute atomic E-state index is 5.10. The normalized spacial score (nSPS) is 22.1. The van der Waals surface area contributed by atoms with Crippen molar-refractivity contribution in [3.05, 3.63) is 0 Å². The van der Waals surface area contributed by atoms with E-state index in [4.69, 9.17) is 4.74 Å². The van der Waals surface area contributed by atoms with Crippen LogP contribution in [0.15, 0.2) is 0 Å². The molecule has 1 aliphatic rings. The van der Waals surface area contributed by atoms with Crippen molar-refractivity contribution in [3.8, 4) is 0 Å². The summed E-state index contributed by atoms with van der Waals surface area (Å²) in [4.78, 5) is 2.24. The Morgan fingerprint density at radius 2 is 2.50 bits per heavy atom. The Labute approximate surface area is 55.2 Å². The average Bonchev–Trinajstić information content (AvgIpc) is 2.19. The molecule has 0 bridgehead atoms. The lowest BCUT2D eigenvalue weighted by Gasteiger charge is -2.08. The van der Waals surface area contributed by atoms with Crippen LogP contribution in [0.4, 0.5) is 0 Å². The zero-order valence-electron chi connectivity index (χ0n) is 4.84. The van der Waals surface area contributed by atoms with Crippen molar-refractivity contribution in [2.75, 3.05) is 32.2 Å². The van der Waals surface area contributed by atoms with Gasteiger partial charge in [-0.3, -0.25) is 4.90 Å². The summed E-state index contributed by atoms with van der Waals surface area (Å²) in [5.74, 6) is 0.934. The molecule has 0 aromatic heterocycles. The predicted molar refractivity (Wildman–Crippen MR) is 36.2 cm³/mol. The summed E-state index contributed by atoms with van der Waals surface area (Å²) in [5, 5.41) is 0. The molecule has 0 unspecified atom stereocenters. The number of hydrogen-bond acceptors (Lipinski definition) is 3. The highest BCUT2D eigenvalue weighted by Gasteiger charge is 2.08. The first-order valence-corrected chi connectivity index (χ1v) is 3.47. The first-order valence-electron chi connectivity index (χ1n) is 2.84. The van der Waals surface area contributed by atoms with Gasteiger partial charge in [-0.2, -0.15) is 12.6 Å². The van der Waals surface area contributed by atoms with E-state index in [-0.39, 0.29) is 0 Å². The minimum Gasteiger partial charge on any atom is -0.365 e. The second kappa shape index (κ2) is 3.33. The van der Waals surface area contributed by atoms with E-state index in [1.807, 2.05) is 0 Å². The van der Waals surface area contributed by atoms with Crippen molar-refractivity contribution >= 4 is 12.6 Å². The molecule has 0 aliphatic carbocycles. The van der Waals surface area contributed by atoms with Crippen molar-refractivity contribution in [1.82, 2.24) is 4.90 Å². The highest BCUT2D eigenvalue weighted by atomic mass is 32.1. The maximum atomic E-state index is 5.10. The van der Waals surface area contributed by atoms with Crippen molar-refractivity contribution in [3.63, 3.8) is 0 Å². The van der Waals surface area contributed by atoms with Gasteiger partial charge in [-0.1, -0.05) is 0 Å². The standard InChI is InChI=1S/C5H11NOS/c8-4-2-6-1-3-7-5-6/h8H,1-5H2. The Morgan fingerprint density at radius 3 is 3.00 bits per heavy atom. The molecule has 0 aromatic rings. The molecular weight excluding hydrogens is 122 g/mol. The second-order valence-corrected chi connectivity index (χ2v) is 2.33. The van der Waals surface area contributed by atoms with Crippen LogP contribution in [0.5, 0.6) is 0 Å². The van der Waals surface area contributed by atoms with E-state index in [0.717, 1.165) is 32.2 Å². The van der Waals surface area contributed by atoms with Crippen LogP contribution in [0, 0.1) is 0 Å². The van der Waals surface area contributed by atoms with Crippen molar-refractivity contribution in [1.29, 1.82) is 0 Å². The molecule has 0 radical (unpaired) electrons. The zero-order chi connectivity index (χ0) is 5.82. The Balaban J connectivity index is 2.06. The molecule has 1 fully saturated rings. The summed E-state index contributed by atoms with van der Waals surface area (Å²) in [5.41, 5.74) is 0. The molecule has 3 heteroatoms. The SMILES string of the molecule is SCCN1CCOC1. The van der Waals surface area contributed by atoms with E-state index in [1.54, 1.807) is 0 Å². The number of ether oxygens (including phenoxy) is 1. The highest BCUT2D eigenvalue weighted by molar-refractivity contribution is 7.80. The van der Waals surface area contributed by atoms with Gasteiger partial charge in [0.25, 0.3) is 0 Å². The van der Waals surface area contributed by atoms with Crippen molar-refractivity contribution in [2.45, 2.75) is 0 Å². The molecule has 1 aliphatic heterocycles. The van der Waals surface area contributed by atoms with Gasteiger partial charge in [0.2, 0.25) is 0 Å². The Morgan fingerprint density at radius 1 is 1.62 bits per heavy atom. The largest absolute Gasteiger partial charge is 0.365 e. The van der Waals surface area contributed by atoms with Gasteiger partial charge in [-0.05, 0) is 0 Å². The van der Waals surface area contributed by atoms with Crippen LogP contribution in [0.25, 0.3) is 0 Å². The van der Waals surface area contributed by atoms with Gasteiger partial charge >= 0.3 is 0 Å². The number of rotatable bonds is 2. The average molecular weight is 133 g/mol. The molecule has 0 spiro atoms. The molecule has 0 N–H and O–H groups in total. The van der Waals surface area contributed by atoms with E-state index >= 15 is 0 Å². The molecule has 1 rings (SSSR count). The minimum atomic E-state index is 0.806. The third kappa shape index (κ3) is 1.65. The van der Waals surface area contributed by atoms with Gasteiger partial charge in [-0.25, -0.2) is 0 Å². The minimum absolute atomic E-state index is 0.806. The first-order chi connectivity index (χ1) is 3.93. The van der Waals surface area contributed by atoms with Crippen LogP contribution in [0.1, 0.15) is 0 Å². The van der Waals surface area contributed by atoms with Crippen LogP contribution >= 0.6 is 12.6 Å². The number of hydrogen-bond donors (Lipinski definition) is 1. The van der Waals surface area contributed by atoms with Crippen LogP contribution in [-0.2, 0) is 4.74 Å². The summed E-state index contributed by atoms with van der Waals surface area (Å²) in [6.45, 7) is 3.85. The Kier molecular flexibility index (Phi) is 2.66. The fraction of sp³-hybridized carbons (Fsp3) is 1.00. The summed E-state index contributed by atoms with van der Waals surface area (Å²) in [7, 11) is 0. The molecule has 0 amide bonds. The van der Waals surface area contributed by atoms with Crippen LogP contribution in [0.2, 0.25) is 0 Å². The first kappa shape index (κ1) is 6.39. The quantitative estimate of drug-likeness (QED) is 0.540. The summed E-state index contributed by atoms with van der Waals surface area (Å²) in [6, 6.07) is 0. The predicted octanol–water partition coefficient (Wildman–Crippen LogP) is 0.206. The molecule has 1 heterocycles. The molecular formula is C5H11NOS. The summed E-state index contributed by atoms with van der Waals surface area (Å²) in [6.07, 6.45) is 0. The smallest absolute Gasteiger partial charge is 0.0991 e. The lowest BCUT2D eigenvalue weighted by atomic mass is 10.6. The zero-order valence-corrected chi connectivity index (χ0v) is 5.73. The third-order valence-electron chi connectivity index (χ3n) is 1.24. The van der Waals surface area contributed by atoms with Crippen molar-refractivity contribution < 1.29 is 4.74 Å². The van der Waals surface area contributed by atoms with E-state index in [0.29, 0.717) is 0 Å². The van der Waals surface area contributed by atoms with Crippen LogP contribution in [0.3, 0.4) is 0 Å². The third-order valence-corrected chi connectivity index (χ3v) is 1.44.